The highest BCUT2D eigenvalue weighted by atomic mass is 16.5. The monoisotopic (exact) mass is 284 g/mol. The maximum absolute atomic E-state index is 10.8. The van der Waals surface area contributed by atoms with Crippen molar-refractivity contribution >= 4 is 17.4 Å². The number of nitrogens with one attached hydrogen (secondary N) is 1. The molecule has 0 heterocycles. The van der Waals surface area contributed by atoms with E-state index in [-0.39, 0.29) is 5.56 Å². The van der Waals surface area contributed by atoms with E-state index in [1.54, 1.807) is 19.2 Å². The maximum Gasteiger partial charge on any atom is 0.335 e. The van der Waals surface area contributed by atoms with Gasteiger partial charge in [0.25, 0.3) is 0 Å². The zero-order valence-electron chi connectivity index (χ0n) is 11.8. The molecular weight excluding hydrogens is 268 g/mol. The summed E-state index contributed by atoms with van der Waals surface area (Å²) in [7, 11) is 1.62. The van der Waals surface area contributed by atoms with E-state index in [1.807, 2.05) is 31.2 Å². The Morgan fingerprint density at radius 2 is 1.62 bits per heavy atom. The molecule has 2 aromatic rings. The SMILES string of the molecule is COc1ccc(/C(C)=N/Nc2ccc(C(=O)O)cc2)cc1. The second-order valence-electron chi connectivity index (χ2n) is 4.42. The van der Waals surface area contributed by atoms with Gasteiger partial charge in [-0.3, -0.25) is 5.43 Å². The van der Waals surface area contributed by atoms with Crippen LogP contribution in [0.3, 0.4) is 0 Å². The van der Waals surface area contributed by atoms with Crippen molar-refractivity contribution in [3.63, 3.8) is 0 Å². The van der Waals surface area contributed by atoms with Gasteiger partial charge >= 0.3 is 5.97 Å². The predicted octanol–water partition coefficient (Wildman–Crippen LogP) is 3.23. The number of methoxy groups -OCH3 is 1. The molecule has 5 heteroatoms. The Labute approximate surface area is 122 Å². The summed E-state index contributed by atoms with van der Waals surface area (Å²) in [5.74, 6) is -0.150. The van der Waals surface area contributed by atoms with E-state index in [9.17, 15) is 4.79 Å². The maximum atomic E-state index is 10.8. The van der Waals surface area contributed by atoms with Crippen LogP contribution in [0.25, 0.3) is 0 Å². The first-order valence-corrected chi connectivity index (χ1v) is 6.38. The number of carboxylic acid groups (broad SMARTS) is 1. The number of nitrogens with zero attached hydrogens (tertiary/aromatic N) is 1. The van der Waals surface area contributed by atoms with Crippen molar-refractivity contribution in [2.75, 3.05) is 12.5 Å². The second-order valence-corrected chi connectivity index (χ2v) is 4.42. The fourth-order valence-electron chi connectivity index (χ4n) is 1.73. The molecule has 0 atom stereocenters. The molecule has 0 aliphatic carbocycles. The van der Waals surface area contributed by atoms with E-state index in [2.05, 4.69) is 10.5 Å². The molecule has 5 nitrogen and oxygen atoms in total. The predicted molar refractivity (Wildman–Crippen MR) is 82.2 cm³/mol. The molecular formula is C16H16N2O3. The Morgan fingerprint density at radius 1 is 1.05 bits per heavy atom. The average molecular weight is 284 g/mol. The number of carboxylic acids is 1. The summed E-state index contributed by atoms with van der Waals surface area (Å²) in [6.07, 6.45) is 0. The first kappa shape index (κ1) is 14.6. The lowest BCUT2D eigenvalue weighted by Crippen LogP contribution is -2.00. The highest BCUT2D eigenvalue weighted by Gasteiger charge is 2.02. The zero-order chi connectivity index (χ0) is 15.2. The lowest BCUT2D eigenvalue weighted by atomic mass is 10.1. The molecule has 108 valence electrons. The molecule has 2 rings (SSSR count). The van der Waals surface area contributed by atoms with Crippen LogP contribution in [-0.4, -0.2) is 23.9 Å². The number of aromatic carboxylic acids is 1. The molecule has 0 radical (unpaired) electrons. The van der Waals surface area contributed by atoms with Crippen molar-refractivity contribution in [2.45, 2.75) is 6.92 Å². The van der Waals surface area contributed by atoms with Crippen LogP contribution in [0.4, 0.5) is 5.69 Å². The Hall–Kier alpha value is -2.82. The number of rotatable bonds is 5. The van der Waals surface area contributed by atoms with Crippen LogP contribution in [0, 0.1) is 0 Å². The van der Waals surface area contributed by atoms with Gasteiger partial charge in [-0.15, -0.1) is 0 Å². The summed E-state index contributed by atoms with van der Waals surface area (Å²) in [4.78, 5) is 10.8. The van der Waals surface area contributed by atoms with Gasteiger partial charge in [-0.1, -0.05) is 0 Å². The largest absolute Gasteiger partial charge is 0.497 e. The van der Waals surface area contributed by atoms with Gasteiger partial charge in [-0.25, -0.2) is 4.79 Å². The highest BCUT2D eigenvalue weighted by Crippen LogP contribution is 2.13. The van der Waals surface area contributed by atoms with Crippen molar-refractivity contribution in [1.29, 1.82) is 0 Å². The molecule has 21 heavy (non-hydrogen) atoms. The number of hydrazone groups is 1. The first-order valence-electron chi connectivity index (χ1n) is 6.38. The molecule has 2 aromatic carbocycles. The molecule has 0 unspecified atom stereocenters. The standard InChI is InChI=1S/C16H16N2O3/c1-11(12-5-9-15(21-2)10-6-12)17-18-14-7-3-13(4-8-14)16(19)20/h3-10,18H,1-2H3,(H,19,20)/b17-11+. The van der Waals surface area contributed by atoms with Gasteiger partial charge < -0.3 is 9.84 Å². The minimum absolute atomic E-state index is 0.247. The number of hydrogen-bond acceptors (Lipinski definition) is 4. The lowest BCUT2D eigenvalue weighted by Gasteiger charge is -2.05. The van der Waals surface area contributed by atoms with Crippen molar-refractivity contribution < 1.29 is 14.6 Å². The Balaban J connectivity index is 2.06. The number of hydrogen-bond donors (Lipinski definition) is 2. The summed E-state index contributed by atoms with van der Waals surface area (Å²) in [6, 6.07) is 14.0. The third-order valence-corrected chi connectivity index (χ3v) is 2.99. The Kier molecular flexibility index (Phi) is 4.56. The van der Waals surface area contributed by atoms with Gasteiger partial charge in [0.2, 0.25) is 0 Å². The van der Waals surface area contributed by atoms with Crippen molar-refractivity contribution in [3.05, 3.63) is 59.7 Å². The molecule has 0 saturated carbocycles. The van der Waals surface area contributed by atoms with E-state index in [4.69, 9.17) is 9.84 Å². The summed E-state index contributed by atoms with van der Waals surface area (Å²) in [5, 5.41) is 13.1. The van der Waals surface area contributed by atoms with Crippen LogP contribution in [0.2, 0.25) is 0 Å². The molecule has 2 N–H and O–H groups in total. The highest BCUT2D eigenvalue weighted by molar-refractivity contribution is 5.99. The fraction of sp³-hybridized carbons (Fsp3) is 0.125. The van der Waals surface area contributed by atoms with E-state index < -0.39 is 5.97 Å². The number of carbonyl (C=O) groups is 1. The Morgan fingerprint density at radius 3 is 2.14 bits per heavy atom. The minimum Gasteiger partial charge on any atom is -0.497 e. The van der Waals surface area contributed by atoms with E-state index in [1.165, 1.54) is 12.1 Å². The van der Waals surface area contributed by atoms with Gasteiger partial charge in [0.1, 0.15) is 5.75 Å². The van der Waals surface area contributed by atoms with Crippen molar-refractivity contribution in [2.24, 2.45) is 5.10 Å². The molecule has 0 aliphatic rings. The third kappa shape index (κ3) is 3.82. The number of anilines is 1. The first-order chi connectivity index (χ1) is 10.1. The average Bonchev–Trinajstić information content (AvgIpc) is 2.53. The summed E-state index contributed by atoms with van der Waals surface area (Å²) >= 11 is 0. The molecule has 0 aliphatic heterocycles. The summed E-state index contributed by atoms with van der Waals surface area (Å²) in [5.41, 5.74) is 5.67. The topological polar surface area (TPSA) is 70.9 Å². The lowest BCUT2D eigenvalue weighted by molar-refractivity contribution is 0.0697. The van der Waals surface area contributed by atoms with Crippen LogP contribution in [0.15, 0.2) is 53.6 Å². The van der Waals surface area contributed by atoms with E-state index in [0.717, 1.165) is 22.7 Å². The summed E-state index contributed by atoms with van der Waals surface area (Å²) < 4.78 is 5.11. The molecule has 0 amide bonds. The van der Waals surface area contributed by atoms with E-state index >= 15 is 0 Å². The van der Waals surface area contributed by atoms with Gasteiger partial charge in [-0.05, 0) is 61.0 Å². The third-order valence-electron chi connectivity index (χ3n) is 2.99. The molecule has 0 saturated heterocycles. The quantitative estimate of drug-likeness (QED) is 0.653. The van der Waals surface area contributed by atoms with E-state index in [0.29, 0.717) is 0 Å². The van der Waals surface area contributed by atoms with Crippen molar-refractivity contribution in [3.8, 4) is 5.75 Å². The summed E-state index contributed by atoms with van der Waals surface area (Å²) in [6.45, 7) is 1.89. The Bertz CT molecular complexity index is 646. The van der Waals surface area contributed by atoms with Crippen LogP contribution in [0.1, 0.15) is 22.8 Å². The fourth-order valence-corrected chi connectivity index (χ4v) is 1.73. The number of ether oxygens (including phenoxy) is 1. The van der Waals surface area contributed by atoms with Crippen LogP contribution in [0.5, 0.6) is 5.75 Å². The minimum atomic E-state index is -0.945. The second kappa shape index (κ2) is 6.56. The number of benzene rings is 2. The zero-order valence-corrected chi connectivity index (χ0v) is 11.8. The van der Waals surface area contributed by atoms with Crippen LogP contribution < -0.4 is 10.2 Å². The normalized spacial score (nSPS) is 11.0. The molecule has 0 aromatic heterocycles. The molecule has 0 spiro atoms. The van der Waals surface area contributed by atoms with Gasteiger partial charge in [0.15, 0.2) is 0 Å². The molecule has 0 fully saturated rings. The van der Waals surface area contributed by atoms with Crippen molar-refractivity contribution in [1.82, 2.24) is 0 Å². The van der Waals surface area contributed by atoms with Gasteiger partial charge in [0.05, 0.1) is 24.1 Å². The van der Waals surface area contributed by atoms with Crippen LogP contribution >= 0.6 is 0 Å². The van der Waals surface area contributed by atoms with Gasteiger partial charge in [-0.2, -0.15) is 5.10 Å². The van der Waals surface area contributed by atoms with Gasteiger partial charge in [0, 0.05) is 0 Å². The van der Waals surface area contributed by atoms with Crippen LogP contribution in [-0.2, 0) is 0 Å². The smallest absolute Gasteiger partial charge is 0.335 e. The molecule has 0 bridgehead atoms.